The number of hydrogen-bond acceptors (Lipinski definition) is 3. The molecule has 1 aliphatic rings. The normalized spacial score (nSPS) is 20.2. The SMILES string of the molecule is Cc1ccsc1C(c1ccc(Br)cc1)N1CCCC1C(=O)O. The van der Waals surface area contributed by atoms with Gasteiger partial charge < -0.3 is 5.11 Å². The summed E-state index contributed by atoms with van der Waals surface area (Å²) in [5, 5.41) is 11.6. The lowest BCUT2D eigenvalue weighted by Gasteiger charge is -2.31. The van der Waals surface area contributed by atoms with Crippen LogP contribution in [0, 0.1) is 6.92 Å². The van der Waals surface area contributed by atoms with Crippen LogP contribution in [0.3, 0.4) is 0 Å². The van der Waals surface area contributed by atoms with Gasteiger partial charge in [-0.1, -0.05) is 28.1 Å². The molecule has 1 aromatic carbocycles. The Morgan fingerprint density at radius 1 is 1.36 bits per heavy atom. The number of carboxylic acids is 1. The first kappa shape index (κ1) is 15.7. The Labute approximate surface area is 142 Å². The molecule has 3 rings (SSSR count). The Kier molecular flexibility index (Phi) is 4.66. The van der Waals surface area contributed by atoms with Gasteiger partial charge in [0, 0.05) is 15.9 Å². The zero-order chi connectivity index (χ0) is 15.7. The lowest BCUT2D eigenvalue weighted by atomic mass is 10.0. The average molecular weight is 380 g/mol. The second-order valence-electron chi connectivity index (χ2n) is 5.66. The Bertz CT molecular complexity index is 668. The summed E-state index contributed by atoms with van der Waals surface area (Å²) in [5.74, 6) is -0.714. The van der Waals surface area contributed by atoms with E-state index >= 15 is 0 Å². The van der Waals surface area contributed by atoms with Crippen molar-refractivity contribution in [2.75, 3.05) is 6.54 Å². The van der Waals surface area contributed by atoms with Gasteiger partial charge in [-0.2, -0.15) is 0 Å². The molecule has 2 aromatic rings. The molecule has 1 aliphatic heterocycles. The fraction of sp³-hybridized carbons (Fsp3) is 0.353. The first-order chi connectivity index (χ1) is 10.6. The molecule has 0 spiro atoms. The molecule has 0 radical (unpaired) electrons. The van der Waals surface area contributed by atoms with Crippen molar-refractivity contribution in [2.45, 2.75) is 31.8 Å². The van der Waals surface area contributed by atoms with E-state index in [1.165, 1.54) is 10.4 Å². The number of halogens is 1. The molecule has 0 bridgehead atoms. The number of hydrogen-bond donors (Lipinski definition) is 1. The summed E-state index contributed by atoms with van der Waals surface area (Å²) in [7, 11) is 0. The number of likely N-dealkylation sites (tertiary alicyclic amines) is 1. The van der Waals surface area contributed by atoms with Crippen LogP contribution in [0.1, 0.15) is 34.9 Å². The maximum absolute atomic E-state index is 11.6. The van der Waals surface area contributed by atoms with Crippen LogP contribution in [0.4, 0.5) is 0 Å². The molecule has 0 saturated carbocycles. The third kappa shape index (κ3) is 2.98. The number of aliphatic carboxylic acids is 1. The highest BCUT2D eigenvalue weighted by Gasteiger charge is 2.37. The van der Waals surface area contributed by atoms with Crippen LogP contribution in [0.15, 0.2) is 40.2 Å². The van der Waals surface area contributed by atoms with E-state index in [9.17, 15) is 9.90 Å². The largest absolute Gasteiger partial charge is 0.480 e. The Hall–Kier alpha value is -1.17. The minimum atomic E-state index is -0.714. The zero-order valence-corrected chi connectivity index (χ0v) is 14.7. The number of rotatable bonds is 4. The van der Waals surface area contributed by atoms with Gasteiger partial charge in [0.15, 0.2) is 0 Å². The molecule has 2 heterocycles. The van der Waals surface area contributed by atoms with Crippen LogP contribution < -0.4 is 0 Å². The van der Waals surface area contributed by atoms with Crippen molar-refractivity contribution >= 4 is 33.2 Å². The Balaban J connectivity index is 2.05. The number of benzene rings is 1. The van der Waals surface area contributed by atoms with E-state index in [-0.39, 0.29) is 6.04 Å². The summed E-state index contributed by atoms with van der Waals surface area (Å²) in [6.07, 6.45) is 1.67. The van der Waals surface area contributed by atoms with Crippen LogP contribution in [0.2, 0.25) is 0 Å². The number of nitrogens with zero attached hydrogens (tertiary/aromatic N) is 1. The molecule has 1 fully saturated rings. The molecule has 0 amide bonds. The minimum absolute atomic E-state index is 0.0247. The van der Waals surface area contributed by atoms with Crippen molar-refractivity contribution in [3.63, 3.8) is 0 Å². The van der Waals surface area contributed by atoms with Gasteiger partial charge in [0.05, 0.1) is 6.04 Å². The predicted octanol–water partition coefficient (Wildman–Crippen LogP) is 4.46. The highest BCUT2D eigenvalue weighted by atomic mass is 79.9. The molecule has 0 aliphatic carbocycles. The van der Waals surface area contributed by atoms with Gasteiger partial charge in [-0.3, -0.25) is 9.69 Å². The first-order valence-electron chi connectivity index (χ1n) is 7.36. The van der Waals surface area contributed by atoms with Crippen molar-refractivity contribution in [1.82, 2.24) is 4.90 Å². The van der Waals surface area contributed by atoms with E-state index < -0.39 is 12.0 Å². The van der Waals surface area contributed by atoms with E-state index in [0.717, 1.165) is 29.4 Å². The van der Waals surface area contributed by atoms with E-state index in [1.54, 1.807) is 11.3 Å². The predicted molar refractivity (Wildman–Crippen MR) is 92.4 cm³/mol. The molecule has 1 aromatic heterocycles. The van der Waals surface area contributed by atoms with Crippen LogP contribution in [0.5, 0.6) is 0 Å². The van der Waals surface area contributed by atoms with Crippen LogP contribution in [0.25, 0.3) is 0 Å². The third-order valence-corrected chi connectivity index (χ3v) is 5.85. The van der Waals surface area contributed by atoms with Gasteiger partial charge in [-0.25, -0.2) is 0 Å². The molecular weight excluding hydrogens is 362 g/mol. The lowest BCUT2D eigenvalue weighted by molar-refractivity contribution is -0.142. The number of thiophene rings is 1. The highest BCUT2D eigenvalue weighted by molar-refractivity contribution is 9.10. The lowest BCUT2D eigenvalue weighted by Crippen LogP contribution is -2.39. The van der Waals surface area contributed by atoms with Crippen molar-refractivity contribution in [3.8, 4) is 0 Å². The topological polar surface area (TPSA) is 40.5 Å². The number of carboxylic acid groups (broad SMARTS) is 1. The van der Waals surface area contributed by atoms with Crippen LogP contribution in [-0.4, -0.2) is 28.6 Å². The zero-order valence-electron chi connectivity index (χ0n) is 12.3. The summed E-state index contributed by atoms with van der Waals surface area (Å²) in [4.78, 5) is 15.0. The van der Waals surface area contributed by atoms with Gasteiger partial charge in [0.2, 0.25) is 0 Å². The Morgan fingerprint density at radius 2 is 2.09 bits per heavy atom. The fourth-order valence-corrected chi connectivity index (χ4v) is 4.50. The van der Waals surface area contributed by atoms with Crippen molar-refractivity contribution < 1.29 is 9.90 Å². The molecule has 1 saturated heterocycles. The standard InChI is InChI=1S/C17H18BrNO2S/c1-11-8-10-22-16(11)15(12-4-6-13(18)7-5-12)19-9-2-3-14(19)17(20)21/h4-8,10,14-15H,2-3,9H2,1H3,(H,20,21). The van der Waals surface area contributed by atoms with E-state index in [4.69, 9.17) is 0 Å². The van der Waals surface area contributed by atoms with Crippen molar-refractivity contribution in [3.05, 3.63) is 56.2 Å². The number of aryl methyl sites for hydroxylation is 1. The Morgan fingerprint density at radius 3 is 2.68 bits per heavy atom. The molecule has 22 heavy (non-hydrogen) atoms. The molecule has 2 unspecified atom stereocenters. The quantitative estimate of drug-likeness (QED) is 0.852. The molecule has 116 valence electrons. The van der Waals surface area contributed by atoms with Crippen LogP contribution in [-0.2, 0) is 4.79 Å². The molecule has 2 atom stereocenters. The summed E-state index contributed by atoms with van der Waals surface area (Å²) < 4.78 is 1.04. The molecule has 5 heteroatoms. The van der Waals surface area contributed by atoms with E-state index in [2.05, 4.69) is 51.3 Å². The maximum Gasteiger partial charge on any atom is 0.320 e. The van der Waals surface area contributed by atoms with Crippen molar-refractivity contribution in [1.29, 1.82) is 0 Å². The van der Waals surface area contributed by atoms with Gasteiger partial charge in [0.25, 0.3) is 0 Å². The average Bonchev–Trinajstić information content (AvgIpc) is 3.12. The minimum Gasteiger partial charge on any atom is -0.480 e. The summed E-state index contributed by atoms with van der Waals surface area (Å²) in [6.45, 7) is 2.93. The summed E-state index contributed by atoms with van der Waals surface area (Å²) in [6, 6.07) is 9.97. The van der Waals surface area contributed by atoms with E-state index in [0.29, 0.717) is 0 Å². The molecular formula is C17H18BrNO2S. The fourth-order valence-electron chi connectivity index (χ4n) is 3.17. The molecule has 1 N–H and O–H groups in total. The van der Waals surface area contributed by atoms with E-state index in [1.807, 2.05) is 12.1 Å². The van der Waals surface area contributed by atoms with Gasteiger partial charge in [-0.05, 0) is 54.5 Å². The van der Waals surface area contributed by atoms with Gasteiger partial charge in [-0.15, -0.1) is 11.3 Å². The van der Waals surface area contributed by atoms with Crippen LogP contribution >= 0.6 is 27.3 Å². The monoisotopic (exact) mass is 379 g/mol. The van der Waals surface area contributed by atoms with Crippen molar-refractivity contribution in [2.24, 2.45) is 0 Å². The number of carbonyl (C=O) groups is 1. The molecule has 3 nitrogen and oxygen atoms in total. The second-order valence-corrected chi connectivity index (χ2v) is 7.52. The summed E-state index contributed by atoms with van der Waals surface area (Å²) >= 11 is 5.18. The summed E-state index contributed by atoms with van der Waals surface area (Å²) in [5.41, 5.74) is 2.39. The highest BCUT2D eigenvalue weighted by Crippen LogP contribution is 2.39. The maximum atomic E-state index is 11.6. The third-order valence-electron chi connectivity index (χ3n) is 4.25. The smallest absolute Gasteiger partial charge is 0.320 e. The second kappa shape index (κ2) is 6.52. The van der Waals surface area contributed by atoms with Gasteiger partial charge in [0.1, 0.15) is 6.04 Å². The first-order valence-corrected chi connectivity index (χ1v) is 9.03. The van der Waals surface area contributed by atoms with Gasteiger partial charge >= 0.3 is 5.97 Å².